The Morgan fingerprint density at radius 2 is 2.06 bits per heavy atom. The van der Waals surface area contributed by atoms with Crippen molar-refractivity contribution in [3.8, 4) is 11.1 Å². The summed E-state index contributed by atoms with van der Waals surface area (Å²) in [6.45, 7) is 3.59. The van der Waals surface area contributed by atoms with Crippen LogP contribution in [0, 0.1) is 11.7 Å². The van der Waals surface area contributed by atoms with Gasteiger partial charge in [0.1, 0.15) is 5.82 Å². The maximum absolute atomic E-state index is 15.5. The van der Waals surface area contributed by atoms with E-state index in [0.29, 0.717) is 49.2 Å². The number of rotatable bonds is 10. The van der Waals surface area contributed by atoms with Gasteiger partial charge >= 0.3 is 6.09 Å². The molecule has 8 heteroatoms. The number of aryl methyl sites for hydroxylation is 1. The molecule has 7 nitrogen and oxygen atoms in total. The number of nitrogens with zero attached hydrogens (tertiary/aromatic N) is 1. The van der Waals surface area contributed by atoms with Gasteiger partial charge in [0.15, 0.2) is 0 Å². The lowest BCUT2D eigenvalue weighted by Gasteiger charge is -2.43. The van der Waals surface area contributed by atoms with Crippen molar-refractivity contribution in [1.82, 2.24) is 10.2 Å². The van der Waals surface area contributed by atoms with E-state index >= 15 is 4.39 Å². The molecule has 4 N–H and O–H groups in total. The molecule has 1 aliphatic rings. The van der Waals surface area contributed by atoms with Crippen molar-refractivity contribution in [3.63, 3.8) is 0 Å². The molecular weight excluding hydrogens is 461 g/mol. The highest BCUT2D eigenvalue weighted by Gasteiger charge is 2.43. The molecule has 1 heterocycles. The summed E-state index contributed by atoms with van der Waals surface area (Å²) in [6, 6.07) is 12.5. The second-order valence-corrected chi connectivity index (χ2v) is 9.38. The van der Waals surface area contributed by atoms with Gasteiger partial charge in [-0.1, -0.05) is 43.3 Å². The van der Waals surface area contributed by atoms with Crippen LogP contribution in [0.1, 0.15) is 50.2 Å². The third-order valence-electron chi connectivity index (χ3n) is 7.10. The highest BCUT2D eigenvalue weighted by atomic mass is 19.1. The van der Waals surface area contributed by atoms with Crippen LogP contribution in [-0.2, 0) is 21.6 Å². The van der Waals surface area contributed by atoms with Crippen LogP contribution in [0.25, 0.3) is 11.1 Å². The molecule has 36 heavy (non-hydrogen) atoms. The molecule has 1 saturated heterocycles. The Morgan fingerprint density at radius 1 is 1.28 bits per heavy atom. The molecule has 2 atom stereocenters. The van der Waals surface area contributed by atoms with Gasteiger partial charge in [0.05, 0.1) is 12.7 Å². The normalized spacial score (nSPS) is 17.4. The van der Waals surface area contributed by atoms with Gasteiger partial charge in [0, 0.05) is 44.1 Å². The third kappa shape index (κ3) is 6.42. The summed E-state index contributed by atoms with van der Waals surface area (Å²) in [6.07, 6.45) is 2.68. The maximum Gasteiger partial charge on any atom is 0.406 e. The van der Waals surface area contributed by atoms with Crippen LogP contribution in [0.15, 0.2) is 42.5 Å². The Kier molecular flexibility index (Phi) is 9.84. The summed E-state index contributed by atoms with van der Waals surface area (Å²) in [7, 11) is 1.30. The maximum atomic E-state index is 15.5. The number of amides is 2. The van der Waals surface area contributed by atoms with Crippen LogP contribution in [0.2, 0.25) is 0 Å². The lowest BCUT2D eigenvalue weighted by Crippen LogP contribution is -2.49. The molecule has 1 aliphatic heterocycles. The van der Waals surface area contributed by atoms with E-state index in [1.807, 2.05) is 31.2 Å². The van der Waals surface area contributed by atoms with E-state index in [2.05, 4.69) is 10.1 Å². The minimum atomic E-state index is -1.42. The molecule has 2 amide bonds. The van der Waals surface area contributed by atoms with E-state index < -0.39 is 17.5 Å². The van der Waals surface area contributed by atoms with Crippen molar-refractivity contribution < 1.29 is 23.8 Å². The van der Waals surface area contributed by atoms with Crippen molar-refractivity contribution in [2.45, 2.75) is 51.0 Å². The van der Waals surface area contributed by atoms with Gasteiger partial charge in [-0.05, 0) is 54.9 Å². The number of piperidine rings is 1. The van der Waals surface area contributed by atoms with E-state index in [4.69, 9.17) is 5.73 Å². The second-order valence-electron chi connectivity index (χ2n) is 9.38. The summed E-state index contributed by atoms with van der Waals surface area (Å²) in [5.41, 5.74) is 6.85. The average Bonchev–Trinajstić information content (AvgIpc) is 2.90. The van der Waals surface area contributed by atoms with E-state index in [1.54, 1.807) is 17.0 Å². The summed E-state index contributed by atoms with van der Waals surface area (Å²) < 4.78 is 20.1. The van der Waals surface area contributed by atoms with Crippen molar-refractivity contribution >= 4 is 12.0 Å². The Morgan fingerprint density at radius 3 is 2.78 bits per heavy atom. The number of methoxy groups -OCH3 is 1. The Bertz CT molecular complexity index is 1050. The number of carbonyl (C=O) groups is 2. The predicted molar refractivity (Wildman–Crippen MR) is 138 cm³/mol. The summed E-state index contributed by atoms with van der Waals surface area (Å²) in [5, 5.41) is 15.0. The summed E-state index contributed by atoms with van der Waals surface area (Å²) in [5.74, 6) is -0.744. The minimum absolute atomic E-state index is 0.0352. The van der Waals surface area contributed by atoms with E-state index in [9.17, 15) is 14.7 Å². The number of aliphatic hydroxyl groups is 1. The number of hydrogen-bond donors (Lipinski definition) is 3. The van der Waals surface area contributed by atoms with Crippen LogP contribution in [0.3, 0.4) is 0 Å². The number of nitrogens with one attached hydrogen (secondary N) is 1. The number of benzene rings is 2. The molecule has 0 radical (unpaired) electrons. The topological polar surface area (TPSA) is 105 Å². The second kappa shape index (κ2) is 12.8. The van der Waals surface area contributed by atoms with Gasteiger partial charge in [-0.2, -0.15) is 0 Å². The average molecular weight is 500 g/mol. The fourth-order valence-electron chi connectivity index (χ4n) is 5.18. The molecule has 1 unspecified atom stereocenters. The van der Waals surface area contributed by atoms with E-state index in [-0.39, 0.29) is 31.2 Å². The van der Waals surface area contributed by atoms with Crippen LogP contribution in [-0.4, -0.2) is 55.3 Å². The first-order valence-electron chi connectivity index (χ1n) is 12.7. The number of ether oxygens (including phenoxy) is 1. The minimum Gasteiger partial charge on any atom is -0.453 e. The first kappa shape index (κ1) is 27.6. The van der Waals surface area contributed by atoms with Gasteiger partial charge in [-0.25, -0.2) is 9.18 Å². The molecule has 196 valence electrons. The lowest BCUT2D eigenvalue weighted by molar-refractivity contribution is -0.136. The fourth-order valence-corrected chi connectivity index (χ4v) is 5.18. The Labute approximate surface area is 212 Å². The number of hydrogen-bond acceptors (Lipinski definition) is 5. The molecule has 3 rings (SSSR count). The smallest absolute Gasteiger partial charge is 0.406 e. The van der Waals surface area contributed by atoms with E-state index in [0.717, 1.165) is 18.4 Å². The first-order chi connectivity index (χ1) is 17.3. The highest BCUT2D eigenvalue weighted by Crippen LogP contribution is 2.44. The zero-order chi connectivity index (χ0) is 26.1. The van der Waals surface area contributed by atoms with Gasteiger partial charge in [0.2, 0.25) is 5.91 Å². The van der Waals surface area contributed by atoms with Crippen LogP contribution >= 0.6 is 0 Å². The summed E-state index contributed by atoms with van der Waals surface area (Å²) >= 11 is 0. The van der Waals surface area contributed by atoms with Crippen LogP contribution in [0.5, 0.6) is 0 Å². The van der Waals surface area contributed by atoms with Gasteiger partial charge in [0.25, 0.3) is 0 Å². The van der Waals surface area contributed by atoms with Crippen LogP contribution in [0.4, 0.5) is 9.18 Å². The molecule has 1 fully saturated rings. The zero-order valence-corrected chi connectivity index (χ0v) is 21.3. The fraction of sp³-hybridized carbons (Fsp3) is 0.500. The van der Waals surface area contributed by atoms with Gasteiger partial charge in [-0.3, -0.25) is 4.79 Å². The monoisotopic (exact) mass is 499 g/mol. The molecular formula is C28H38FN3O4. The Hall–Kier alpha value is -2.97. The van der Waals surface area contributed by atoms with Crippen molar-refractivity contribution in [3.05, 3.63) is 59.4 Å². The van der Waals surface area contributed by atoms with Crippen molar-refractivity contribution in [2.75, 3.05) is 33.3 Å². The molecule has 0 bridgehead atoms. The van der Waals surface area contributed by atoms with Crippen molar-refractivity contribution in [2.24, 2.45) is 11.7 Å². The SMILES string of the molecule is CCc1cccc(-c2c(F)cccc2C(O)(CCCNC(=O)OC)[C@@H]2CCCN(C(=O)CCN)C2)c1. The largest absolute Gasteiger partial charge is 0.453 e. The number of alkyl carbamates (subject to hydrolysis) is 1. The molecule has 0 aromatic heterocycles. The van der Waals surface area contributed by atoms with E-state index in [1.165, 1.54) is 13.2 Å². The van der Waals surface area contributed by atoms with Gasteiger partial charge in [-0.15, -0.1) is 0 Å². The molecule has 0 aliphatic carbocycles. The highest BCUT2D eigenvalue weighted by molar-refractivity contribution is 5.76. The summed E-state index contributed by atoms with van der Waals surface area (Å²) in [4.78, 5) is 25.9. The molecule has 0 saturated carbocycles. The molecule has 2 aromatic carbocycles. The number of carbonyl (C=O) groups excluding carboxylic acids is 2. The molecule has 0 spiro atoms. The van der Waals surface area contributed by atoms with Crippen molar-refractivity contribution in [1.29, 1.82) is 0 Å². The zero-order valence-electron chi connectivity index (χ0n) is 21.3. The lowest BCUT2D eigenvalue weighted by atomic mass is 9.72. The quantitative estimate of drug-likeness (QED) is 0.429. The number of nitrogens with two attached hydrogens (primary N) is 1. The van der Waals surface area contributed by atoms with Crippen LogP contribution < -0.4 is 11.1 Å². The molecule has 2 aromatic rings. The van der Waals surface area contributed by atoms with Gasteiger partial charge < -0.3 is 25.8 Å². The number of halogens is 1. The number of likely N-dealkylation sites (tertiary alicyclic amines) is 1. The predicted octanol–water partition coefficient (Wildman–Crippen LogP) is 3.97. The standard InChI is InChI=1S/C28H38FN3O4/c1-3-20-8-4-9-21(18-20)26-23(11-5-12-24(26)29)28(35,14-7-16-31-27(34)36-2)22-10-6-17-32(19-22)25(33)13-15-30/h4-5,8-9,11-12,18,22,35H,3,6-7,10,13-17,19,30H2,1-2H3,(H,31,34)/t22-,28?/m1/s1. The third-order valence-corrected chi connectivity index (χ3v) is 7.10. The Balaban J connectivity index is 2.03. The first-order valence-corrected chi connectivity index (χ1v) is 12.7.